The van der Waals surface area contributed by atoms with E-state index in [1.54, 1.807) is 0 Å². The normalized spacial score (nSPS) is 25.4. The monoisotopic (exact) mass is 292 g/mol. The van der Waals surface area contributed by atoms with E-state index in [9.17, 15) is 9.59 Å². The molecule has 0 aromatic heterocycles. The molecule has 92 valence electrons. The number of rotatable bonds is 3. The van der Waals surface area contributed by atoms with Crippen LogP contribution in [-0.2, 0) is 19.1 Å². The first-order chi connectivity index (χ1) is 7.25. The highest BCUT2D eigenvalue weighted by atomic mass is 79.9. The van der Waals surface area contributed by atoms with E-state index in [1.165, 1.54) is 0 Å². The molecular formula is C11H17BrO4. The summed E-state index contributed by atoms with van der Waals surface area (Å²) in [5.41, 5.74) is -0.448. The number of hydrogen-bond donors (Lipinski definition) is 0. The molecule has 0 radical (unpaired) electrons. The summed E-state index contributed by atoms with van der Waals surface area (Å²) in [6.45, 7) is 7.78. The first kappa shape index (κ1) is 13.5. The molecule has 0 N–H and O–H groups in total. The van der Waals surface area contributed by atoms with Crippen molar-refractivity contribution in [3.05, 3.63) is 0 Å². The van der Waals surface area contributed by atoms with Crippen LogP contribution in [-0.4, -0.2) is 29.5 Å². The van der Waals surface area contributed by atoms with Gasteiger partial charge in [-0.25, -0.2) is 4.79 Å². The zero-order chi connectivity index (χ0) is 12.5. The molecular weight excluding hydrogens is 276 g/mol. The van der Waals surface area contributed by atoms with E-state index in [0.29, 0.717) is 6.61 Å². The maximum Gasteiger partial charge on any atom is 0.348 e. The highest BCUT2D eigenvalue weighted by Gasteiger charge is 2.47. The van der Waals surface area contributed by atoms with E-state index >= 15 is 0 Å². The molecule has 0 spiro atoms. The van der Waals surface area contributed by atoms with Crippen molar-refractivity contribution in [2.24, 2.45) is 11.3 Å². The van der Waals surface area contributed by atoms with Crippen LogP contribution in [0.1, 0.15) is 27.7 Å². The van der Waals surface area contributed by atoms with Crippen LogP contribution in [0.3, 0.4) is 0 Å². The molecule has 4 nitrogen and oxygen atoms in total. The summed E-state index contributed by atoms with van der Waals surface area (Å²) in [6.07, 6.45) is -0.793. The van der Waals surface area contributed by atoms with Crippen molar-refractivity contribution >= 4 is 27.9 Å². The molecule has 1 heterocycles. The van der Waals surface area contributed by atoms with Gasteiger partial charge in [-0.3, -0.25) is 4.79 Å². The summed E-state index contributed by atoms with van der Waals surface area (Å²) < 4.78 is 10.1. The van der Waals surface area contributed by atoms with Crippen molar-refractivity contribution in [1.82, 2.24) is 0 Å². The minimum absolute atomic E-state index is 0.119. The van der Waals surface area contributed by atoms with Gasteiger partial charge in [-0.15, -0.1) is 0 Å². The fourth-order valence-electron chi connectivity index (χ4n) is 1.39. The largest absolute Gasteiger partial charge is 0.462 e. The van der Waals surface area contributed by atoms with Gasteiger partial charge in [-0.1, -0.05) is 43.6 Å². The number of cyclic esters (lactones) is 1. The number of alkyl halides is 1. The average Bonchev–Trinajstić information content (AvgIpc) is 2.43. The number of ether oxygens (including phenoxy) is 2. The molecule has 0 amide bonds. The van der Waals surface area contributed by atoms with Gasteiger partial charge in [-0.2, -0.15) is 0 Å². The lowest BCUT2D eigenvalue weighted by atomic mass is 9.90. The zero-order valence-corrected chi connectivity index (χ0v) is 11.5. The van der Waals surface area contributed by atoms with Gasteiger partial charge in [0.2, 0.25) is 6.10 Å². The molecule has 1 aliphatic heterocycles. The smallest absolute Gasteiger partial charge is 0.348 e. The number of esters is 2. The van der Waals surface area contributed by atoms with Gasteiger partial charge in [0.1, 0.15) is 11.4 Å². The van der Waals surface area contributed by atoms with E-state index in [1.807, 2.05) is 27.7 Å². The molecule has 1 rings (SSSR count). The molecule has 1 saturated heterocycles. The molecule has 0 bridgehead atoms. The lowest BCUT2D eigenvalue weighted by Gasteiger charge is -2.23. The molecule has 1 fully saturated rings. The average molecular weight is 293 g/mol. The minimum atomic E-state index is -0.793. The molecule has 0 saturated carbocycles. The van der Waals surface area contributed by atoms with Crippen LogP contribution in [0.15, 0.2) is 0 Å². The van der Waals surface area contributed by atoms with Gasteiger partial charge in [0, 0.05) is 5.41 Å². The van der Waals surface area contributed by atoms with Gasteiger partial charge < -0.3 is 9.47 Å². The lowest BCUT2D eigenvalue weighted by molar-refractivity contribution is -0.163. The number of carbonyl (C=O) groups is 2. The van der Waals surface area contributed by atoms with Crippen LogP contribution in [0.4, 0.5) is 0 Å². The van der Waals surface area contributed by atoms with E-state index in [0.717, 1.165) is 0 Å². The molecule has 0 aromatic carbocycles. The fraction of sp³-hybridized carbons (Fsp3) is 0.818. The van der Waals surface area contributed by atoms with Gasteiger partial charge in [0.05, 0.1) is 0 Å². The predicted molar refractivity (Wildman–Crippen MR) is 62.2 cm³/mol. The quantitative estimate of drug-likeness (QED) is 0.589. The van der Waals surface area contributed by atoms with Crippen molar-refractivity contribution in [3.63, 3.8) is 0 Å². The van der Waals surface area contributed by atoms with Crippen LogP contribution in [0.25, 0.3) is 0 Å². The van der Waals surface area contributed by atoms with Gasteiger partial charge >= 0.3 is 11.9 Å². The standard InChI is InChI=1S/C11H17BrO4/c1-6(2)7(12)9(13)16-8-10(14)15-5-11(8,3)4/h6-8H,5H2,1-4H3/t7?,8-/m0/s1. The molecule has 16 heavy (non-hydrogen) atoms. The Morgan fingerprint density at radius 3 is 2.50 bits per heavy atom. The Labute approximate surface area is 104 Å². The first-order valence-electron chi connectivity index (χ1n) is 5.27. The molecule has 0 aromatic rings. The molecule has 0 aliphatic carbocycles. The van der Waals surface area contributed by atoms with Crippen molar-refractivity contribution in [2.45, 2.75) is 38.6 Å². The summed E-state index contributed by atoms with van der Waals surface area (Å²) in [7, 11) is 0. The maximum absolute atomic E-state index is 11.7. The third-order valence-corrected chi connectivity index (χ3v) is 3.99. The van der Waals surface area contributed by atoms with Crippen molar-refractivity contribution in [2.75, 3.05) is 6.61 Å². The van der Waals surface area contributed by atoms with Crippen LogP contribution in [0.2, 0.25) is 0 Å². The van der Waals surface area contributed by atoms with Crippen LogP contribution in [0.5, 0.6) is 0 Å². The van der Waals surface area contributed by atoms with Gasteiger partial charge in [0.15, 0.2) is 0 Å². The fourth-order valence-corrected chi connectivity index (χ4v) is 1.50. The highest BCUT2D eigenvalue weighted by Crippen LogP contribution is 2.31. The van der Waals surface area contributed by atoms with Crippen molar-refractivity contribution in [3.8, 4) is 0 Å². The van der Waals surface area contributed by atoms with Crippen molar-refractivity contribution in [1.29, 1.82) is 0 Å². The zero-order valence-electron chi connectivity index (χ0n) is 9.95. The van der Waals surface area contributed by atoms with Crippen LogP contribution < -0.4 is 0 Å². The highest BCUT2D eigenvalue weighted by molar-refractivity contribution is 9.10. The van der Waals surface area contributed by atoms with Crippen LogP contribution >= 0.6 is 15.9 Å². The molecule has 5 heteroatoms. The topological polar surface area (TPSA) is 52.6 Å². The second kappa shape index (κ2) is 4.73. The predicted octanol–water partition coefficient (Wildman–Crippen LogP) is 1.90. The maximum atomic E-state index is 11.7. The van der Waals surface area contributed by atoms with E-state index in [-0.39, 0.29) is 5.92 Å². The molecule has 1 aliphatic rings. The van der Waals surface area contributed by atoms with Crippen LogP contribution in [0, 0.1) is 11.3 Å². The lowest BCUT2D eigenvalue weighted by Crippen LogP contribution is -2.38. The molecule has 2 atom stereocenters. The van der Waals surface area contributed by atoms with Crippen molar-refractivity contribution < 1.29 is 19.1 Å². The Hall–Kier alpha value is -0.580. The minimum Gasteiger partial charge on any atom is -0.462 e. The van der Waals surface area contributed by atoms with Gasteiger partial charge in [0.25, 0.3) is 0 Å². The summed E-state index contributed by atoms with van der Waals surface area (Å²) in [6, 6.07) is 0. The number of carbonyl (C=O) groups excluding carboxylic acids is 2. The Morgan fingerprint density at radius 2 is 2.12 bits per heavy atom. The Balaban J connectivity index is 2.67. The second-order valence-electron chi connectivity index (χ2n) is 5.06. The van der Waals surface area contributed by atoms with E-state index in [2.05, 4.69) is 15.9 Å². The Bertz CT molecular complexity index is 298. The summed E-state index contributed by atoms with van der Waals surface area (Å²) >= 11 is 3.25. The summed E-state index contributed by atoms with van der Waals surface area (Å²) in [5.74, 6) is -0.748. The third kappa shape index (κ3) is 2.75. The summed E-state index contributed by atoms with van der Waals surface area (Å²) in [4.78, 5) is 22.7. The van der Waals surface area contributed by atoms with E-state index in [4.69, 9.17) is 9.47 Å². The third-order valence-electron chi connectivity index (χ3n) is 2.55. The van der Waals surface area contributed by atoms with Gasteiger partial charge in [-0.05, 0) is 5.92 Å². The number of hydrogen-bond acceptors (Lipinski definition) is 4. The SMILES string of the molecule is CC(C)C(Br)C(=O)O[C@H]1C(=O)OCC1(C)C. The number of halogens is 1. The molecule has 1 unspecified atom stereocenters. The second-order valence-corrected chi connectivity index (χ2v) is 6.05. The first-order valence-corrected chi connectivity index (χ1v) is 6.18. The Kier molecular flexibility index (Phi) is 3.99. The van der Waals surface area contributed by atoms with E-state index < -0.39 is 28.3 Å². The Morgan fingerprint density at radius 1 is 1.56 bits per heavy atom. The summed E-state index contributed by atoms with van der Waals surface area (Å²) in [5, 5.41) is 0.